The van der Waals surface area contributed by atoms with Crippen LogP contribution in [0.1, 0.15) is 18.9 Å². The third-order valence-electron chi connectivity index (χ3n) is 2.30. The highest BCUT2D eigenvalue weighted by Crippen LogP contribution is 2.15. The zero-order chi connectivity index (χ0) is 10.4. The van der Waals surface area contributed by atoms with Crippen molar-refractivity contribution in [3.63, 3.8) is 0 Å². The second kappa shape index (κ2) is 5.43. The number of hydrogen-bond donors (Lipinski definition) is 1. The molecule has 0 aromatic heterocycles. The van der Waals surface area contributed by atoms with Gasteiger partial charge in [-0.15, -0.1) is 0 Å². The van der Waals surface area contributed by atoms with Crippen LogP contribution in [0.5, 0.6) is 5.75 Å². The summed E-state index contributed by atoms with van der Waals surface area (Å²) in [4.78, 5) is 3.84. The largest absolute Gasteiger partial charge is 0.508 e. The van der Waals surface area contributed by atoms with Crippen molar-refractivity contribution in [2.45, 2.75) is 19.8 Å². The summed E-state index contributed by atoms with van der Waals surface area (Å²) >= 11 is 0. The van der Waals surface area contributed by atoms with Gasteiger partial charge in [0, 0.05) is 6.54 Å². The fourth-order valence-corrected chi connectivity index (χ4v) is 1.45. The van der Waals surface area contributed by atoms with Crippen molar-refractivity contribution < 1.29 is 5.11 Å². The summed E-state index contributed by atoms with van der Waals surface area (Å²) in [6.45, 7) is 6.51. The van der Waals surface area contributed by atoms with Crippen molar-refractivity contribution in [1.29, 1.82) is 0 Å². The summed E-state index contributed by atoms with van der Waals surface area (Å²) in [5, 5.41) is 9.11. The Hall–Kier alpha value is -1.31. The maximum Gasteiger partial charge on any atom is 0.115 e. The molecule has 0 aliphatic heterocycles. The van der Waals surface area contributed by atoms with Gasteiger partial charge in [-0.05, 0) is 43.2 Å². The summed E-state index contributed by atoms with van der Waals surface area (Å²) in [5.41, 5.74) is 1.26. The molecule has 0 fully saturated rings. The van der Waals surface area contributed by atoms with Gasteiger partial charge >= 0.3 is 0 Å². The maximum absolute atomic E-state index is 9.11. The molecule has 0 aliphatic rings. The lowest BCUT2D eigenvalue weighted by atomic mass is 9.98. The summed E-state index contributed by atoms with van der Waals surface area (Å²) in [5.74, 6) is 0.944. The van der Waals surface area contributed by atoms with Crippen molar-refractivity contribution in [2.24, 2.45) is 10.9 Å². The quantitative estimate of drug-likeness (QED) is 0.713. The highest BCUT2D eigenvalue weighted by Gasteiger charge is 2.02. The van der Waals surface area contributed by atoms with Gasteiger partial charge in [0.25, 0.3) is 0 Å². The highest BCUT2D eigenvalue weighted by atomic mass is 16.3. The van der Waals surface area contributed by atoms with Crippen molar-refractivity contribution >= 4 is 6.72 Å². The third kappa shape index (κ3) is 3.60. The van der Waals surface area contributed by atoms with E-state index in [1.165, 1.54) is 5.56 Å². The zero-order valence-electron chi connectivity index (χ0n) is 8.61. The molecule has 0 amide bonds. The molecule has 0 heterocycles. The molecular weight excluding hydrogens is 174 g/mol. The average molecular weight is 191 g/mol. The van der Waals surface area contributed by atoms with Gasteiger partial charge in [-0.25, -0.2) is 0 Å². The summed E-state index contributed by atoms with van der Waals surface area (Å²) in [7, 11) is 0. The Labute approximate surface area is 85.3 Å². The number of aliphatic imine (C=N–C) groups is 1. The van der Waals surface area contributed by atoms with Crippen LogP contribution in [-0.2, 0) is 6.42 Å². The van der Waals surface area contributed by atoms with E-state index in [4.69, 9.17) is 5.11 Å². The maximum atomic E-state index is 9.11. The molecule has 1 aromatic rings. The van der Waals surface area contributed by atoms with Gasteiger partial charge < -0.3 is 10.1 Å². The van der Waals surface area contributed by atoms with Gasteiger partial charge in [-0.1, -0.05) is 19.1 Å². The Morgan fingerprint density at radius 1 is 1.36 bits per heavy atom. The minimum atomic E-state index is 0.328. The molecule has 0 saturated carbocycles. The number of phenols is 1. The number of rotatable bonds is 5. The minimum absolute atomic E-state index is 0.328. The van der Waals surface area contributed by atoms with E-state index < -0.39 is 0 Å². The lowest BCUT2D eigenvalue weighted by molar-refractivity contribution is 0.474. The van der Waals surface area contributed by atoms with Gasteiger partial charge in [0.05, 0.1) is 0 Å². The van der Waals surface area contributed by atoms with Gasteiger partial charge in [0.15, 0.2) is 0 Å². The lowest BCUT2D eigenvalue weighted by Gasteiger charge is -2.09. The molecule has 0 saturated heterocycles. The monoisotopic (exact) mass is 191 g/mol. The van der Waals surface area contributed by atoms with E-state index >= 15 is 0 Å². The molecule has 0 bridgehead atoms. The average Bonchev–Trinajstić information content (AvgIpc) is 2.18. The molecule has 14 heavy (non-hydrogen) atoms. The number of hydrogen-bond acceptors (Lipinski definition) is 2. The molecule has 0 aliphatic carbocycles. The second-order valence-electron chi connectivity index (χ2n) is 3.71. The van der Waals surface area contributed by atoms with Gasteiger partial charge in [-0.2, -0.15) is 0 Å². The molecule has 0 spiro atoms. The smallest absolute Gasteiger partial charge is 0.115 e. The van der Waals surface area contributed by atoms with Crippen LogP contribution in [-0.4, -0.2) is 18.4 Å². The lowest BCUT2D eigenvalue weighted by Crippen LogP contribution is -2.01. The van der Waals surface area contributed by atoms with E-state index in [-0.39, 0.29) is 0 Å². The summed E-state index contributed by atoms with van der Waals surface area (Å²) in [6.07, 6.45) is 2.11. The Morgan fingerprint density at radius 2 is 2.00 bits per heavy atom. The standard InChI is InChI=1S/C12H17NO/c1-10(7-8-13-2)9-11-3-5-12(14)6-4-11/h3-6,10,14H,2,7-9H2,1H3. The third-order valence-corrected chi connectivity index (χ3v) is 2.30. The van der Waals surface area contributed by atoms with Crippen LogP contribution in [0, 0.1) is 5.92 Å². The molecular formula is C12H17NO. The first kappa shape index (κ1) is 10.8. The zero-order valence-corrected chi connectivity index (χ0v) is 8.61. The fraction of sp³-hybridized carbons (Fsp3) is 0.417. The second-order valence-corrected chi connectivity index (χ2v) is 3.71. The predicted molar refractivity (Wildman–Crippen MR) is 60.0 cm³/mol. The van der Waals surface area contributed by atoms with Gasteiger partial charge in [-0.3, -0.25) is 0 Å². The molecule has 2 heteroatoms. The van der Waals surface area contributed by atoms with Crippen LogP contribution >= 0.6 is 0 Å². The van der Waals surface area contributed by atoms with Crippen LogP contribution in [0.2, 0.25) is 0 Å². The summed E-state index contributed by atoms with van der Waals surface area (Å²) in [6, 6.07) is 7.39. The van der Waals surface area contributed by atoms with Crippen LogP contribution in [0.3, 0.4) is 0 Å². The molecule has 1 aromatic carbocycles. The van der Waals surface area contributed by atoms with Crippen LogP contribution in [0.25, 0.3) is 0 Å². The summed E-state index contributed by atoms with van der Waals surface area (Å²) < 4.78 is 0. The number of aromatic hydroxyl groups is 1. The SMILES string of the molecule is C=NCCC(C)Cc1ccc(O)cc1. The topological polar surface area (TPSA) is 32.6 Å². The Morgan fingerprint density at radius 3 is 2.57 bits per heavy atom. The van der Waals surface area contributed by atoms with Crippen molar-refractivity contribution in [1.82, 2.24) is 0 Å². The number of benzene rings is 1. The molecule has 1 N–H and O–H groups in total. The van der Waals surface area contributed by atoms with E-state index in [1.54, 1.807) is 12.1 Å². The first-order valence-electron chi connectivity index (χ1n) is 4.92. The highest BCUT2D eigenvalue weighted by molar-refractivity contribution is 5.26. The minimum Gasteiger partial charge on any atom is -0.508 e. The fourth-order valence-electron chi connectivity index (χ4n) is 1.45. The van der Waals surface area contributed by atoms with Crippen LogP contribution < -0.4 is 0 Å². The van der Waals surface area contributed by atoms with Crippen molar-refractivity contribution in [3.05, 3.63) is 29.8 Å². The molecule has 1 rings (SSSR count). The van der Waals surface area contributed by atoms with Crippen molar-refractivity contribution in [2.75, 3.05) is 6.54 Å². The van der Waals surface area contributed by atoms with Gasteiger partial charge in [0.1, 0.15) is 5.75 Å². The number of phenolic OH excluding ortho intramolecular Hbond substituents is 1. The molecule has 1 atom stereocenters. The van der Waals surface area contributed by atoms with Crippen LogP contribution in [0.4, 0.5) is 0 Å². The first-order valence-corrected chi connectivity index (χ1v) is 4.92. The predicted octanol–water partition coefficient (Wildman–Crippen LogP) is 2.66. The van der Waals surface area contributed by atoms with Crippen molar-refractivity contribution in [3.8, 4) is 5.75 Å². The normalized spacial score (nSPS) is 12.4. The Balaban J connectivity index is 2.43. The van der Waals surface area contributed by atoms with Crippen LogP contribution in [0.15, 0.2) is 29.3 Å². The molecule has 0 radical (unpaired) electrons. The Bertz CT molecular complexity index is 279. The molecule has 1 unspecified atom stereocenters. The molecule has 2 nitrogen and oxygen atoms in total. The van der Waals surface area contributed by atoms with E-state index in [2.05, 4.69) is 18.6 Å². The first-order chi connectivity index (χ1) is 6.72. The molecule has 76 valence electrons. The van der Waals surface area contributed by atoms with E-state index in [0.29, 0.717) is 11.7 Å². The Kier molecular flexibility index (Phi) is 4.17. The van der Waals surface area contributed by atoms with Gasteiger partial charge in [0.2, 0.25) is 0 Å². The van der Waals surface area contributed by atoms with E-state index in [1.807, 2.05) is 12.1 Å². The number of nitrogens with zero attached hydrogens (tertiary/aromatic N) is 1. The van der Waals surface area contributed by atoms with E-state index in [9.17, 15) is 0 Å². The van der Waals surface area contributed by atoms with E-state index in [0.717, 1.165) is 19.4 Å².